The molecule has 0 saturated heterocycles. The van der Waals surface area contributed by atoms with Gasteiger partial charge in [0.1, 0.15) is 0 Å². The lowest BCUT2D eigenvalue weighted by molar-refractivity contribution is 0.267. The van der Waals surface area contributed by atoms with Crippen LogP contribution in [0.2, 0.25) is 0 Å². The van der Waals surface area contributed by atoms with Gasteiger partial charge in [0, 0.05) is 17.0 Å². The summed E-state index contributed by atoms with van der Waals surface area (Å²) in [6.45, 7) is 6.85. The van der Waals surface area contributed by atoms with Gasteiger partial charge in [-0.15, -0.1) is 11.3 Å². The molecule has 0 amide bonds. The molecule has 0 radical (unpaired) electrons. The zero-order chi connectivity index (χ0) is 13.0. The van der Waals surface area contributed by atoms with E-state index in [0.717, 1.165) is 12.0 Å². The molecule has 1 unspecified atom stereocenters. The van der Waals surface area contributed by atoms with Crippen molar-refractivity contribution < 1.29 is 0 Å². The van der Waals surface area contributed by atoms with Gasteiger partial charge in [-0.3, -0.25) is 0 Å². The number of rotatable bonds is 5. The van der Waals surface area contributed by atoms with Crippen LogP contribution in [0.3, 0.4) is 0 Å². The molecule has 1 saturated carbocycles. The van der Waals surface area contributed by atoms with E-state index in [1.54, 1.807) is 0 Å². The van der Waals surface area contributed by atoms with Crippen LogP contribution in [0.15, 0.2) is 11.4 Å². The molecule has 0 aliphatic heterocycles. The first-order chi connectivity index (χ1) is 8.70. The number of hydrogen-bond acceptors (Lipinski definition) is 2. The third-order valence-corrected chi connectivity index (χ3v) is 5.53. The topological polar surface area (TPSA) is 12.0 Å². The fourth-order valence-corrected chi connectivity index (χ4v) is 4.23. The van der Waals surface area contributed by atoms with E-state index in [9.17, 15) is 0 Å². The lowest BCUT2D eigenvalue weighted by atomic mass is 9.83. The summed E-state index contributed by atoms with van der Waals surface area (Å²) in [4.78, 5) is 1.52. The minimum absolute atomic E-state index is 0.526. The Labute approximate surface area is 116 Å². The Hall–Kier alpha value is -0.340. The van der Waals surface area contributed by atoms with E-state index in [4.69, 9.17) is 0 Å². The van der Waals surface area contributed by atoms with Crippen molar-refractivity contribution >= 4 is 11.3 Å². The second-order valence-electron chi connectivity index (χ2n) is 5.86. The molecule has 1 aliphatic rings. The monoisotopic (exact) mass is 265 g/mol. The molecule has 1 atom stereocenters. The van der Waals surface area contributed by atoms with Crippen LogP contribution in [0, 0.1) is 12.8 Å². The predicted octanol–water partition coefficient (Wildman–Crippen LogP) is 5.07. The van der Waals surface area contributed by atoms with Crippen molar-refractivity contribution in [3.05, 3.63) is 21.9 Å². The van der Waals surface area contributed by atoms with Crippen molar-refractivity contribution in [2.24, 2.45) is 5.92 Å². The maximum Gasteiger partial charge on any atom is 0.0390 e. The largest absolute Gasteiger partial charge is 0.307 e. The van der Waals surface area contributed by atoms with Crippen LogP contribution >= 0.6 is 11.3 Å². The predicted molar refractivity (Wildman–Crippen MR) is 81.3 cm³/mol. The van der Waals surface area contributed by atoms with Gasteiger partial charge in [-0.25, -0.2) is 0 Å². The zero-order valence-corrected chi connectivity index (χ0v) is 12.9. The smallest absolute Gasteiger partial charge is 0.0390 e. The van der Waals surface area contributed by atoms with Crippen LogP contribution in [-0.2, 0) is 0 Å². The fraction of sp³-hybridized carbons (Fsp3) is 0.750. The number of hydrogen-bond donors (Lipinski definition) is 1. The number of nitrogens with one attached hydrogen (secondary N) is 1. The van der Waals surface area contributed by atoms with Crippen LogP contribution in [0.5, 0.6) is 0 Å². The lowest BCUT2D eigenvalue weighted by Crippen LogP contribution is -2.34. The van der Waals surface area contributed by atoms with Crippen LogP contribution in [0.1, 0.15) is 68.9 Å². The average Bonchev–Trinajstić information content (AvgIpc) is 2.78. The number of thiophene rings is 1. The third-order valence-electron chi connectivity index (χ3n) is 4.32. The van der Waals surface area contributed by atoms with Crippen molar-refractivity contribution in [3.8, 4) is 0 Å². The Morgan fingerprint density at radius 3 is 2.61 bits per heavy atom. The van der Waals surface area contributed by atoms with Crippen LogP contribution in [0.4, 0.5) is 0 Å². The summed E-state index contributed by atoms with van der Waals surface area (Å²) in [7, 11) is 0. The molecule has 1 nitrogen and oxygen atoms in total. The van der Waals surface area contributed by atoms with Gasteiger partial charge in [0.2, 0.25) is 0 Å². The first kappa shape index (κ1) is 14.1. The summed E-state index contributed by atoms with van der Waals surface area (Å²) in [6, 6.07) is 3.50. The highest BCUT2D eigenvalue weighted by Crippen LogP contribution is 2.30. The SMILES string of the molecule is CCCC1CCC(NC(C)c2sccc2C)CC1. The molecule has 0 bridgehead atoms. The minimum Gasteiger partial charge on any atom is -0.307 e. The second-order valence-corrected chi connectivity index (χ2v) is 6.81. The van der Waals surface area contributed by atoms with Gasteiger partial charge < -0.3 is 5.32 Å². The zero-order valence-electron chi connectivity index (χ0n) is 12.0. The van der Waals surface area contributed by atoms with Crippen LogP contribution < -0.4 is 5.32 Å². The molecule has 18 heavy (non-hydrogen) atoms. The van der Waals surface area contributed by atoms with E-state index >= 15 is 0 Å². The Bertz CT molecular complexity index is 350. The Morgan fingerprint density at radius 2 is 2.06 bits per heavy atom. The fourth-order valence-electron chi connectivity index (χ4n) is 3.28. The van der Waals surface area contributed by atoms with Gasteiger partial charge >= 0.3 is 0 Å². The molecule has 2 heteroatoms. The number of aryl methyl sites for hydroxylation is 1. The van der Waals surface area contributed by atoms with Gasteiger partial charge in [0.05, 0.1) is 0 Å². The van der Waals surface area contributed by atoms with E-state index in [1.165, 1.54) is 49.0 Å². The van der Waals surface area contributed by atoms with Crippen LogP contribution in [-0.4, -0.2) is 6.04 Å². The van der Waals surface area contributed by atoms with Crippen LogP contribution in [0.25, 0.3) is 0 Å². The van der Waals surface area contributed by atoms with Crippen molar-refractivity contribution in [3.63, 3.8) is 0 Å². The average molecular weight is 265 g/mol. The highest BCUT2D eigenvalue weighted by Gasteiger charge is 2.22. The third kappa shape index (κ3) is 3.58. The maximum atomic E-state index is 3.84. The molecule has 1 N–H and O–H groups in total. The van der Waals surface area contributed by atoms with Crippen molar-refractivity contribution in [1.29, 1.82) is 0 Å². The molecule has 2 rings (SSSR count). The van der Waals surface area contributed by atoms with Gasteiger partial charge in [-0.05, 0) is 62.5 Å². The van der Waals surface area contributed by atoms with Gasteiger partial charge in [0.15, 0.2) is 0 Å². The molecular formula is C16H27NS. The Kier molecular flexibility index (Phi) is 5.25. The first-order valence-electron chi connectivity index (χ1n) is 7.50. The normalized spacial score (nSPS) is 26.2. The highest BCUT2D eigenvalue weighted by atomic mass is 32.1. The van der Waals surface area contributed by atoms with Gasteiger partial charge in [-0.2, -0.15) is 0 Å². The summed E-state index contributed by atoms with van der Waals surface area (Å²) in [5.74, 6) is 1.01. The van der Waals surface area contributed by atoms with E-state index in [0.29, 0.717) is 6.04 Å². The summed E-state index contributed by atoms with van der Waals surface area (Å²) < 4.78 is 0. The lowest BCUT2D eigenvalue weighted by Gasteiger charge is -2.31. The summed E-state index contributed by atoms with van der Waals surface area (Å²) in [5, 5.41) is 6.04. The molecule has 0 spiro atoms. The highest BCUT2D eigenvalue weighted by molar-refractivity contribution is 7.10. The Morgan fingerprint density at radius 1 is 1.33 bits per heavy atom. The van der Waals surface area contributed by atoms with Crippen molar-refractivity contribution in [2.75, 3.05) is 0 Å². The standard InChI is InChI=1S/C16H27NS/c1-4-5-14-6-8-15(9-7-14)17-13(3)16-12(2)10-11-18-16/h10-11,13-15,17H,4-9H2,1-3H3. The summed E-state index contributed by atoms with van der Waals surface area (Å²) in [5.41, 5.74) is 1.44. The van der Waals surface area contributed by atoms with E-state index in [1.807, 2.05) is 11.3 Å². The van der Waals surface area contributed by atoms with E-state index in [2.05, 4.69) is 37.5 Å². The molecule has 1 fully saturated rings. The van der Waals surface area contributed by atoms with Crippen molar-refractivity contribution in [1.82, 2.24) is 5.32 Å². The molecule has 1 aromatic rings. The maximum absolute atomic E-state index is 3.84. The van der Waals surface area contributed by atoms with E-state index < -0.39 is 0 Å². The first-order valence-corrected chi connectivity index (χ1v) is 8.38. The van der Waals surface area contributed by atoms with Crippen molar-refractivity contribution in [2.45, 2.75) is 71.4 Å². The second kappa shape index (κ2) is 6.72. The quantitative estimate of drug-likeness (QED) is 0.784. The Balaban J connectivity index is 1.79. The molecule has 1 aromatic heterocycles. The molecule has 1 aliphatic carbocycles. The molecular weight excluding hydrogens is 238 g/mol. The molecule has 102 valence electrons. The summed E-state index contributed by atoms with van der Waals surface area (Å²) >= 11 is 1.89. The van der Waals surface area contributed by atoms with Gasteiger partial charge in [0.25, 0.3) is 0 Å². The summed E-state index contributed by atoms with van der Waals surface area (Å²) in [6.07, 6.45) is 8.40. The van der Waals surface area contributed by atoms with Gasteiger partial charge in [-0.1, -0.05) is 19.8 Å². The molecule has 1 heterocycles. The minimum atomic E-state index is 0.526. The van der Waals surface area contributed by atoms with E-state index in [-0.39, 0.29) is 0 Å². The molecule has 0 aromatic carbocycles.